The first-order chi connectivity index (χ1) is 8.74. The number of hydrogen-bond donors (Lipinski definition) is 2. The van der Waals surface area contributed by atoms with Crippen LogP contribution >= 0.6 is 0 Å². The van der Waals surface area contributed by atoms with Crippen molar-refractivity contribution in [3.63, 3.8) is 0 Å². The first-order valence-corrected chi connectivity index (χ1v) is 6.33. The predicted octanol–water partition coefficient (Wildman–Crippen LogP) is 0.823. The van der Waals surface area contributed by atoms with E-state index in [4.69, 9.17) is 5.73 Å². The fourth-order valence-electron chi connectivity index (χ4n) is 1.50. The van der Waals surface area contributed by atoms with Crippen LogP contribution in [-0.2, 0) is 11.3 Å². The Hall–Kier alpha value is -1.85. The second kappa shape index (κ2) is 5.86. The van der Waals surface area contributed by atoms with Gasteiger partial charge in [-0.15, -0.1) is 0 Å². The Morgan fingerprint density at radius 3 is 2.68 bits per heavy atom. The van der Waals surface area contributed by atoms with Crippen LogP contribution in [0, 0.1) is 11.3 Å². The molecular weight excluding hydrogens is 244 g/mol. The van der Waals surface area contributed by atoms with Crippen LogP contribution in [0.4, 0.5) is 5.82 Å². The number of nitrogens with two attached hydrogens (primary N) is 1. The predicted molar refractivity (Wildman–Crippen MR) is 74.8 cm³/mol. The maximum absolute atomic E-state index is 12.1. The Balaban J connectivity index is 2.86. The van der Waals surface area contributed by atoms with Crippen molar-refractivity contribution in [2.45, 2.75) is 34.2 Å². The van der Waals surface area contributed by atoms with Gasteiger partial charge in [0, 0.05) is 25.5 Å². The third-order valence-corrected chi connectivity index (χ3v) is 2.84. The average Bonchev–Trinajstić information content (AvgIpc) is 2.29. The first kappa shape index (κ1) is 15.2. The molecule has 1 aromatic rings. The van der Waals surface area contributed by atoms with Gasteiger partial charge in [0.25, 0.3) is 5.56 Å². The van der Waals surface area contributed by atoms with E-state index in [-0.39, 0.29) is 17.9 Å². The third-order valence-electron chi connectivity index (χ3n) is 2.84. The van der Waals surface area contributed by atoms with E-state index in [1.807, 2.05) is 13.8 Å². The number of carbonyl (C=O) groups is 1. The van der Waals surface area contributed by atoms with Crippen LogP contribution in [0.5, 0.6) is 0 Å². The van der Waals surface area contributed by atoms with Crippen LogP contribution in [0.3, 0.4) is 0 Å². The van der Waals surface area contributed by atoms with E-state index in [0.717, 1.165) is 0 Å². The Kier molecular flexibility index (Phi) is 4.69. The summed E-state index contributed by atoms with van der Waals surface area (Å²) in [5.74, 6) is 0.200. The van der Waals surface area contributed by atoms with Gasteiger partial charge in [0.15, 0.2) is 5.82 Å². The standard InChI is InChI=1S/C13H22N4O2/c1-9(2)7-17-6-5-15-10(11(17)18)16-8-13(3,4)12(14)19/h5-6,9H,7-8H2,1-4H3,(H2,14,19)(H,15,16). The molecule has 0 bridgehead atoms. The van der Waals surface area contributed by atoms with E-state index in [0.29, 0.717) is 12.5 Å². The lowest BCUT2D eigenvalue weighted by Gasteiger charge is -2.21. The number of hydrogen-bond acceptors (Lipinski definition) is 4. The van der Waals surface area contributed by atoms with Crippen molar-refractivity contribution >= 4 is 11.7 Å². The fourth-order valence-corrected chi connectivity index (χ4v) is 1.50. The Morgan fingerprint density at radius 2 is 2.16 bits per heavy atom. The molecule has 0 aliphatic rings. The minimum absolute atomic E-state index is 0.184. The quantitative estimate of drug-likeness (QED) is 0.797. The smallest absolute Gasteiger partial charge is 0.293 e. The van der Waals surface area contributed by atoms with Crippen molar-refractivity contribution in [1.82, 2.24) is 9.55 Å². The Labute approximate surface area is 113 Å². The van der Waals surface area contributed by atoms with Gasteiger partial charge >= 0.3 is 0 Å². The maximum atomic E-state index is 12.1. The van der Waals surface area contributed by atoms with Crippen molar-refractivity contribution < 1.29 is 4.79 Å². The second-order valence-electron chi connectivity index (χ2n) is 5.73. The lowest BCUT2D eigenvalue weighted by atomic mass is 9.93. The van der Waals surface area contributed by atoms with Crippen LogP contribution in [-0.4, -0.2) is 22.0 Å². The van der Waals surface area contributed by atoms with Crippen LogP contribution in [0.25, 0.3) is 0 Å². The molecule has 1 aromatic heterocycles. The number of nitrogens with zero attached hydrogens (tertiary/aromatic N) is 2. The molecule has 0 saturated heterocycles. The summed E-state index contributed by atoms with van der Waals surface area (Å²) < 4.78 is 1.61. The number of rotatable bonds is 6. The number of nitrogens with one attached hydrogen (secondary N) is 1. The van der Waals surface area contributed by atoms with Crippen molar-refractivity contribution in [2.75, 3.05) is 11.9 Å². The highest BCUT2D eigenvalue weighted by molar-refractivity contribution is 5.80. The normalized spacial score (nSPS) is 11.6. The van der Waals surface area contributed by atoms with Crippen molar-refractivity contribution in [3.05, 3.63) is 22.7 Å². The molecule has 0 aliphatic heterocycles. The molecule has 6 nitrogen and oxygen atoms in total. The van der Waals surface area contributed by atoms with E-state index in [2.05, 4.69) is 10.3 Å². The van der Waals surface area contributed by atoms with Crippen LogP contribution in [0.1, 0.15) is 27.7 Å². The summed E-state index contributed by atoms with van der Waals surface area (Å²) in [5, 5.41) is 2.90. The average molecular weight is 266 g/mol. The van der Waals surface area contributed by atoms with E-state index in [1.165, 1.54) is 0 Å². The van der Waals surface area contributed by atoms with Gasteiger partial charge in [-0.3, -0.25) is 9.59 Å². The number of anilines is 1. The van der Waals surface area contributed by atoms with Crippen LogP contribution < -0.4 is 16.6 Å². The number of aromatic nitrogens is 2. The van der Waals surface area contributed by atoms with Crippen LogP contribution in [0.15, 0.2) is 17.2 Å². The molecule has 106 valence electrons. The van der Waals surface area contributed by atoms with Gasteiger partial charge in [-0.1, -0.05) is 13.8 Å². The number of primary amides is 1. The summed E-state index contributed by atoms with van der Waals surface area (Å²) in [4.78, 5) is 27.3. The molecule has 0 saturated carbocycles. The summed E-state index contributed by atoms with van der Waals surface area (Å²) >= 11 is 0. The van der Waals surface area contributed by atoms with Crippen molar-refractivity contribution in [1.29, 1.82) is 0 Å². The summed E-state index contributed by atoms with van der Waals surface area (Å²) in [5.41, 5.74) is 4.37. The summed E-state index contributed by atoms with van der Waals surface area (Å²) in [6.07, 6.45) is 3.23. The topological polar surface area (TPSA) is 90.0 Å². The lowest BCUT2D eigenvalue weighted by Crippen LogP contribution is -2.38. The third kappa shape index (κ3) is 4.08. The second-order valence-corrected chi connectivity index (χ2v) is 5.73. The zero-order chi connectivity index (χ0) is 14.6. The molecule has 1 amide bonds. The fraction of sp³-hybridized carbons (Fsp3) is 0.615. The van der Waals surface area contributed by atoms with Gasteiger partial charge in [-0.2, -0.15) is 0 Å². The van der Waals surface area contributed by atoms with E-state index in [9.17, 15) is 9.59 Å². The zero-order valence-electron chi connectivity index (χ0n) is 11.9. The van der Waals surface area contributed by atoms with Gasteiger partial charge in [0.2, 0.25) is 5.91 Å². The summed E-state index contributed by atoms with van der Waals surface area (Å²) in [6, 6.07) is 0. The Bertz CT molecular complexity index is 506. The van der Waals surface area contributed by atoms with Gasteiger partial charge in [-0.05, 0) is 19.8 Å². The molecule has 1 heterocycles. The Morgan fingerprint density at radius 1 is 1.53 bits per heavy atom. The SMILES string of the molecule is CC(C)Cn1ccnc(NCC(C)(C)C(N)=O)c1=O. The van der Waals surface area contributed by atoms with E-state index in [1.54, 1.807) is 30.8 Å². The maximum Gasteiger partial charge on any atom is 0.293 e. The lowest BCUT2D eigenvalue weighted by molar-refractivity contribution is -0.125. The van der Waals surface area contributed by atoms with Crippen molar-refractivity contribution in [2.24, 2.45) is 17.1 Å². The molecule has 19 heavy (non-hydrogen) atoms. The molecule has 0 fully saturated rings. The molecule has 0 atom stereocenters. The van der Waals surface area contributed by atoms with Gasteiger partial charge in [0.05, 0.1) is 5.41 Å². The highest BCUT2D eigenvalue weighted by atomic mass is 16.1. The molecule has 0 unspecified atom stereocenters. The minimum atomic E-state index is -0.729. The summed E-state index contributed by atoms with van der Waals surface area (Å²) in [6.45, 7) is 8.42. The molecule has 6 heteroatoms. The van der Waals surface area contributed by atoms with E-state index < -0.39 is 11.3 Å². The molecule has 0 spiro atoms. The van der Waals surface area contributed by atoms with Crippen molar-refractivity contribution in [3.8, 4) is 0 Å². The van der Waals surface area contributed by atoms with Gasteiger partial charge < -0.3 is 15.6 Å². The molecule has 0 aromatic carbocycles. The molecular formula is C13H22N4O2. The highest BCUT2D eigenvalue weighted by Crippen LogP contribution is 2.13. The van der Waals surface area contributed by atoms with Gasteiger partial charge in [0.1, 0.15) is 0 Å². The molecule has 0 aliphatic carbocycles. The van der Waals surface area contributed by atoms with E-state index >= 15 is 0 Å². The summed E-state index contributed by atoms with van der Waals surface area (Å²) in [7, 11) is 0. The highest BCUT2D eigenvalue weighted by Gasteiger charge is 2.25. The first-order valence-electron chi connectivity index (χ1n) is 6.33. The van der Waals surface area contributed by atoms with Gasteiger partial charge in [-0.25, -0.2) is 4.98 Å². The minimum Gasteiger partial charge on any atom is -0.369 e. The monoisotopic (exact) mass is 266 g/mol. The van der Waals surface area contributed by atoms with Crippen LogP contribution in [0.2, 0.25) is 0 Å². The number of carbonyl (C=O) groups excluding carboxylic acids is 1. The molecule has 1 rings (SSSR count). The largest absolute Gasteiger partial charge is 0.369 e. The number of amides is 1. The molecule has 0 radical (unpaired) electrons. The zero-order valence-corrected chi connectivity index (χ0v) is 11.9. The molecule has 3 N–H and O–H groups in total.